The summed E-state index contributed by atoms with van der Waals surface area (Å²) in [5, 5.41) is 4.46. The highest BCUT2D eigenvalue weighted by atomic mass is 79.9. The van der Waals surface area contributed by atoms with Crippen molar-refractivity contribution in [2.45, 2.75) is 0 Å². The molecule has 0 aliphatic carbocycles. The van der Waals surface area contributed by atoms with Crippen LogP contribution in [0, 0.1) is 0 Å². The van der Waals surface area contributed by atoms with E-state index in [-0.39, 0.29) is 0 Å². The van der Waals surface area contributed by atoms with Gasteiger partial charge in [0.1, 0.15) is 11.5 Å². The summed E-state index contributed by atoms with van der Waals surface area (Å²) in [7, 11) is 0. The standard InChI is InChI=1S/C23H13BrClNO4/c24-20-4-2-1-3-18(20)22(27)29-17-11-5-14(6-12-17)13-19-21(26-30-23(19)28)15-7-9-16(25)10-8-15/h1-13H/b19-13-. The van der Waals surface area contributed by atoms with Gasteiger partial charge in [0.05, 0.1) is 11.1 Å². The van der Waals surface area contributed by atoms with Crippen molar-refractivity contribution in [1.29, 1.82) is 0 Å². The first-order valence-corrected chi connectivity index (χ1v) is 10.0. The molecule has 0 fully saturated rings. The third-order valence-electron chi connectivity index (χ3n) is 4.31. The second kappa shape index (κ2) is 8.65. The summed E-state index contributed by atoms with van der Waals surface area (Å²) < 4.78 is 6.07. The number of esters is 1. The lowest BCUT2D eigenvalue weighted by Crippen LogP contribution is -2.09. The second-order valence-electron chi connectivity index (χ2n) is 6.32. The Bertz CT molecular complexity index is 1180. The summed E-state index contributed by atoms with van der Waals surface area (Å²) >= 11 is 9.25. The van der Waals surface area contributed by atoms with E-state index in [4.69, 9.17) is 21.2 Å². The fraction of sp³-hybridized carbons (Fsp3) is 0. The van der Waals surface area contributed by atoms with Gasteiger partial charge >= 0.3 is 11.9 Å². The van der Waals surface area contributed by atoms with E-state index in [1.807, 2.05) is 6.07 Å². The second-order valence-corrected chi connectivity index (χ2v) is 7.61. The smallest absolute Gasteiger partial charge is 0.368 e. The van der Waals surface area contributed by atoms with Gasteiger partial charge in [-0.1, -0.05) is 53.2 Å². The Balaban J connectivity index is 1.53. The van der Waals surface area contributed by atoms with Crippen LogP contribution in [0.4, 0.5) is 0 Å². The molecule has 0 aromatic heterocycles. The van der Waals surface area contributed by atoms with Crippen LogP contribution in [0.25, 0.3) is 6.08 Å². The van der Waals surface area contributed by atoms with Crippen molar-refractivity contribution in [2.75, 3.05) is 0 Å². The molecule has 0 N–H and O–H groups in total. The highest BCUT2D eigenvalue weighted by Crippen LogP contribution is 2.24. The van der Waals surface area contributed by atoms with Crippen molar-refractivity contribution < 1.29 is 19.2 Å². The number of oxime groups is 1. The molecular formula is C23H13BrClNO4. The molecule has 0 amide bonds. The molecule has 1 aliphatic heterocycles. The Morgan fingerprint density at radius 1 is 1.00 bits per heavy atom. The van der Waals surface area contributed by atoms with Crippen molar-refractivity contribution in [3.05, 3.63) is 105 Å². The minimum Gasteiger partial charge on any atom is -0.423 e. The topological polar surface area (TPSA) is 65.0 Å². The largest absolute Gasteiger partial charge is 0.423 e. The van der Waals surface area contributed by atoms with Crippen LogP contribution >= 0.6 is 27.5 Å². The summed E-state index contributed by atoms with van der Waals surface area (Å²) in [4.78, 5) is 29.3. The minimum absolute atomic E-state index is 0.329. The van der Waals surface area contributed by atoms with Gasteiger partial charge in [0.2, 0.25) is 0 Å². The van der Waals surface area contributed by atoms with Crippen molar-refractivity contribution >= 4 is 51.3 Å². The van der Waals surface area contributed by atoms with Gasteiger partial charge in [0.25, 0.3) is 0 Å². The number of carbonyl (C=O) groups excluding carboxylic acids is 2. The number of hydrogen-bond donors (Lipinski definition) is 0. The highest BCUT2D eigenvalue weighted by Gasteiger charge is 2.26. The number of halogens is 2. The molecule has 4 rings (SSSR count). The van der Waals surface area contributed by atoms with Crippen LogP contribution in [0.2, 0.25) is 5.02 Å². The Morgan fingerprint density at radius 3 is 2.40 bits per heavy atom. The Morgan fingerprint density at radius 2 is 1.70 bits per heavy atom. The van der Waals surface area contributed by atoms with E-state index in [0.717, 1.165) is 11.1 Å². The van der Waals surface area contributed by atoms with Crippen LogP contribution < -0.4 is 4.74 Å². The van der Waals surface area contributed by atoms with Crippen LogP contribution in [-0.2, 0) is 9.63 Å². The monoisotopic (exact) mass is 481 g/mol. The molecule has 0 atom stereocenters. The molecule has 5 nitrogen and oxygen atoms in total. The van der Waals surface area contributed by atoms with Gasteiger partial charge in [0.15, 0.2) is 0 Å². The van der Waals surface area contributed by atoms with Gasteiger partial charge in [-0.2, -0.15) is 0 Å². The van der Waals surface area contributed by atoms with Crippen LogP contribution in [-0.4, -0.2) is 17.7 Å². The zero-order chi connectivity index (χ0) is 21.1. The minimum atomic E-state index is -0.538. The predicted molar refractivity (Wildman–Crippen MR) is 118 cm³/mol. The average Bonchev–Trinajstić information content (AvgIpc) is 3.10. The molecule has 30 heavy (non-hydrogen) atoms. The quantitative estimate of drug-likeness (QED) is 0.208. The summed E-state index contributed by atoms with van der Waals surface area (Å²) in [6.45, 7) is 0. The third kappa shape index (κ3) is 4.35. The zero-order valence-electron chi connectivity index (χ0n) is 15.3. The number of rotatable bonds is 4. The van der Waals surface area contributed by atoms with E-state index >= 15 is 0 Å². The fourth-order valence-corrected chi connectivity index (χ4v) is 3.39. The predicted octanol–water partition coefficient (Wildman–Crippen LogP) is 5.67. The molecule has 0 bridgehead atoms. The maximum atomic E-state index is 12.3. The lowest BCUT2D eigenvalue weighted by molar-refractivity contribution is -0.136. The molecule has 0 saturated carbocycles. The van der Waals surface area contributed by atoms with E-state index in [0.29, 0.717) is 32.1 Å². The van der Waals surface area contributed by atoms with Crippen molar-refractivity contribution in [1.82, 2.24) is 0 Å². The fourth-order valence-electron chi connectivity index (χ4n) is 2.81. The molecule has 3 aromatic carbocycles. The summed E-state index contributed by atoms with van der Waals surface area (Å²) in [5.74, 6) is -0.618. The van der Waals surface area contributed by atoms with E-state index < -0.39 is 11.9 Å². The van der Waals surface area contributed by atoms with Gasteiger partial charge in [-0.25, -0.2) is 9.59 Å². The van der Waals surface area contributed by atoms with Crippen molar-refractivity contribution in [2.24, 2.45) is 5.16 Å². The Kier molecular flexibility index (Phi) is 5.79. The van der Waals surface area contributed by atoms with Crippen molar-refractivity contribution in [3.8, 4) is 5.75 Å². The van der Waals surface area contributed by atoms with Crippen LogP contribution in [0.5, 0.6) is 5.75 Å². The van der Waals surface area contributed by atoms with Crippen molar-refractivity contribution in [3.63, 3.8) is 0 Å². The molecule has 1 aliphatic rings. The molecule has 0 saturated heterocycles. The zero-order valence-corrected chi connectivity index (χ0v) is 17.7. The SMILES string of the molecule is O=C1ON=C(c2ccc(Cl)cc2)/C1=C/c1ccc(OC(=O)c2ccccc2Br)cc1. The number of ether oxygens (including phenoxy) is 1. The first-order valence-electron chi connectivity index (χ1n) is 8.85. The summed E-state index contributed by atoms with van der Waals surface area (Å²) in [6, 6.07) is 20.8. The van der Waals surface area contributed by atoms with Crippen LogP contribution in [0.15, 0.2) is 88.0 Å². The average molecular weight is 483 g/mol. The number of nitrogens with zero attached hydrogens (tertiary/aromatic N) is 1. The number of carbonyl (C=O) groups is 2. The van der Waals surface area contributed by atoms with E-state index in [1.165, 1.54) is 0 Å². The van der Waals surface area contributed by atoms with E-state index in [1.54, 1.807) is 72.8 Å². The molecule has 7 heteroatoms. The molecular weight excluding hydrogens is 470 g/mol. The van der Waals surface area contributed by atoms with Crippen LogP contribution in [0.1, 0.15) is 21.5 Å². The lowest BCUT2D eigenvalue weighted by atomic mass is 10.0. The summed E-state index contributed by atoms with van der Waals surface area (Å²) in [6.07, 6.45) is 1.67. The van der Waals surface area contributed by atoms with E-state index in [2.05, 4.69) is 21.1 Å². The maximum Gasteiger partial charge on any atom is 0.368 e. The van der Waals surface area contributed by atoms with Gasteiger partial charge in [0, 0.05) is 15.1 Å². The normalized spacial score (nSPS) is 14.4. The van der Waals surface area contributed by atoms with E-state index in [9.17, 15) is 9.59 Å². The lowest BCUT2D eigenvalue weighted by Gasteiger charge is -2.06. The number of hydrogen-bond acceptors (Lipinski definition) is 5. The van der Waals surface area contributed by atoms with Gasteiger partial charge in [-0.15, -0.1) is 0 Å². The molecule has 0 unspecified atom stereocenters. The van der Waals surface area contributed by atoms with Gasteiger partial charge in [-0.3, -0.25) is 0 Å². The first-order chi connectivity index (χ1) is 14.5. The molecule has 1 heterocycles. The Hall–Kier alpha value is -3.22. The Labute approximate surface area is 185 Å². The summed E-state index contributed by atoms with van der Waals surface area (Å²) in [5.41, 5.74) is 2.64. The van der Waals surface area contributed by atoms with Gasteiger partial charge < -0.3 is 9.57 Å². The molecule has 0 spiro atoms. The first kappa shape index (κ1) is 20.1. The van der Waals surface area contributed by atoms with Gasteiger partial charge in [-0.05, 0) is 64.0 Å². The molecule has 3 aromatic rings. The third-order valence-corrected chi connectivity index (χ3v) is 5.25. The van der Waals surface area contributed by atoms with Crippen LogP contribution in [0.3, 0.4) is 0 Å². The highest BCUT2D eigenvalue weighted by molar-refractivity contribution is 9.10. The molecule has 0 radical (unpaired) electrons. The molecule has 148 valence electrons. The maximum absolute atomic E-state index is 12.3. The number of benzene rings is 3.